The number of benzene rings is 2. The summed E-state index contributed by atoms with van der Waals surface area (Å²) in [5.41, 5.74) is 3.93. The van der Waals surface area contributed by atoms with E-state index in [1.165, 1.54) is 28.6 Å². The molecule has 0 aromatic heterocycles. The Bertz CT molecular complexity index is 757. The monoisotopic (exact) mass is 374 g/mol. The molecule has 0 unspecified atom stereocenters. The summed E-state index contributed by atoms with van der Waals surface area (Å²) in [5.74, 6) is 0.623. The number of anilines is 1. The van der Waals surface area contributed by atoms with Crippen LogP contribution in [0.4, 0.5) is 5.69 Å². The molecule has 2 aromatic carbocycles. The number of halogens is 1. The van der Waals surface area contributed by atoms with E-state index >= 15 is 0 Å². The van der Waals surface area contributed by atoms with Gasteiger partial charge in [0.05, 0.1) is 10.8 Å². The minimum atomic E-state index is 0.186. The van der Waals surface area contributed by atoms with E-state index in [4.69, 9.17) is 11.6 Å². The minimum Gasteiger partial charge on any atom is -0.368 e. The maximum absolute atomic E-state index is 12.5. The van der Waals surface area contributed by atoms with Crippen LogP contribution in [0.25, 0.3) is 0 Å². The van der Waals surface area contributed by atoms with Gasteiger partial charge in [0.2, 0.25) is 5.91 Å². The van der Waals surface area contributed by atoms with Crippen molar-refractivity contribution < 1.29 is 4.79 Å². The van der Waals surface area contributed by atoms with Gasteiger partial charge in [-0.05, 0) is 43.2 Å². The first-order chi connectivity index (χ1) is 12.1. The smallest absolute Gasteiger partial charge is 0.233 e. The van der Waals surface area contributed by atoms with E-state index in [1.807, 2.05) is 29.2 Å². The van der Waals surface area contributed by atoms with Crippen molar-refractivity contribution in [3.8, 4) is 0 Å². The molecule has 0 saturated carbocycles. The van der Waals surface area contributed by atoms with E-state index in [1.54, 1.807) is 0 Å². The number of hydrogen-bond acceptors (Lipinski definition) is 3. The number of thioether (sulfide) groups is 1. The second kappa shape index (κ2) is 8.15. The van der Waals surface area contributed by atoms with Crippen molar-refractivity contribution >= 4 is 35.0 Å². The molecule has 25 heavy (non-hydrogen) atoms. The summed E-state index contributed by atoms with van der Waals surface area (Å²) in [4.78, 5) is 17.8. The highest BCUT2D eigenvalue weighted by molar-refractivity contribution is 8.00. The van der Waals surface area contributed by atoms with Gasteiger partial charge in [-0.1, -0.05) is 35.9 Å². The molecule has 1 fully saturated rings. The number of hydrogen-bond donors (Lipinski definition) is 0. The Labute approximate surface area is 159 Å². The fourth-order valence-corrected chi connectivity index (χ4v) is 4.21. The van der Waals surface area contributed by atoms with Crippen LogP contribution in [0.2, 0.25) is 5.02 Å². The van der Waals surface area contributed by atoms with Gasteiger partial charge in [0, 0.05) is 36.8 Å². The first kappa shape index (κ1) is 18.2. The number of amides is 1. The van der Waals surface area contributed by atoms with Crippen molar-refractivity contribution in [1.82, 2.24) is 4.90 Å². The lowest BCUT2D eigenvalue weighted by molar-refractivity contribution is -0.128. The third-order valence-corrected chi connectivity index (χ3v) is 6.24. The van der Waals surface area contributed by atoms with Crippen LogP contribution >= 0.6 is 23.4 Å². The van der Waals surface area contributed by atoms with E-state index in [-0.39, 0.29) is 5.91 Å². The Morgan fingerprint density at radius 1 is 1.04 bits per heavy atom. The second-order valence-electron chi connectivity index (χ2n) is 6.31. The molecule has 1 amide bonds. The van der Waals surface area contributed by atoms with Crippen LogP contribution in [0.15, 0.2) is 47.4 Å². The summed E-state index contributed by atoms with van der Waals surface area (Å²) >= 11 is 7.67. The zero-order chi connectivity index (χ0) is 17.8. The summed E-state index contributed by atoms with van der Waals surface area (Å²) in [6.07, 6.45) is 0. The molecular formula is C20H23ClN2OS. The predicted molar refractivity (Wildman–Crippen MR) is 107 cm³/mol. The van der Waals surface area contributed by atoms with E-state index in [2.05, 4.69) is 36.9 Å². The fourth-order valence-electron chi connectivity index (χ4n) is 3.07. The fraction of sp³-hybridized carbons (Fsp3) is 0.350. The molecule has 1 aliphatic rings. The number of rotatable bonds is 4. The van der Waals surface area contributed by atoms with Gasteiger partial charge < -0.3 is 9.80 Å². The van der Waals surface area contributed by atoms with Crippen molar-refractivity contribution in [3.05, 3.63) is 58.6 Å². The molecule has 2 aromatic rings. The Morgan fingerprint density at radius 2 is 1.76 bits per heavy atom. The molecule has 1 heterocycles. The zero-order valence-corrected chi connectivity index (χ0v) is 16.2. The standard InChI is InChI=1S/C20H23ClN2OS/c1-15-6-5-8-18(16(15)2)22-10-12-23(13-11-22)20(24)14-25-19-9-4-3-7-17(19)21/h3-9H,10-14H2,1-2H3. The van der Waals surface area contributed by atoms with Gasteiger partial charge in [-0.15, -0.1) is 11.8 Å². The van der Waals surface area contributed by atoms with Crippen LogP contribution in [0.1, 0.15) is 11.1 Å². The molecule has 3 rings (SSSR count). The van der Waals surface area contributed by atoms with Gasteiger partial charge in [-0.25, -0.2) is 0 Å². The minimum absolute atomic E-state index is 0.186. The normalized spacial score (nSPS) is 14.7. The van der Waals surface area contributed by atoms with Crippen molar-refractivity contribution in [1.29, 1.82) is 0 Å². The van der Waals surface area contributed by atoms with E-state index in [0.29, 0.717) is 10.8 Å². The van der Waals surface area contributed by atoms with Crippen molar-refractivity contribution in [2.24, 2.45) is 0 Å². The number of nitrogens with zero attached hydrogens (tertiary/aromatic N) is 2. The average molecular weight is 375 g/mol. The van der Waals surface area contributed by atoms with Gasteiger partial charge in [0.1, 0.15) is 0 Å². The summed E-state index contributed by atoms with van der Waals surface area (Å²) in [7, 11) is 0. The topological polar surface area (TPSA) is 23.6 Å². The maximum Gasteiger partial charge on any atom is 0.233 e. The van der Waals surface area contributed by atoms with Crippen molar-refractivity contribution in [2.45, 2.75) is 18.7 Å². The van der Waals surface area contributed by atoms with Crippen molar-refractivity contribution in [2.75, 3.05) is 36.8 Å². The Morgan fingerprint density at radius 3 is 2.48 bits per heavy atom. The zero-order valence-electron chi connectivity index (χ0n) is 14.7. The van der Waals surface area contributed by atoms with Gasteiger partial charge in [0.25, 0.3) is 0 Å². The molecule has 0 aliphatic carbocycles. The summed E-state index contributed by atoms with van der Waals surface area (Å²) in [6, 6.07) is 14.1. The van der Waals surface area contributed by atoms with Gasteiger partial charge in [-0.3, -0.25) is 4.79 Å². The highest BCUT2D eigenvalue weighted by atomic mass is 35.5. The number of carbonyl (C=O) groups is 1. The largest absolute Gasteiger partial charge is 0.368 e. The Balaban J connectivity index is 1.54. The van der Waals surface area contributed by atoms with Crippen molar-refractivity contribution in [3.63, 3.8) is 0 Å². The maximum atomic E-state index is 12.5. The molecule has 0 atom stereocenters. The SMILES string of the molecule is Cc1cccc(N2CCN(C(=O)CSc3ccccc3Cl)CC2)c1C. The predicted octanol–water partition coefficient (Wildman–Crippen LogP) is 4.40. The molecule has 0 spiro atoms. The average Bonchev–Trinajstić information content (AvgIpc) is 2.63. The lowest BCUT2D eigenvalue weighted by atomic mass is 10.1. The van der Waals surface area contributed by atoms with Crippen LogP contribution in [0, 0.1) is 13.8 Å². The molecular weight excluding hydrogens is 352 g/mol. The third kappa shape index (κ3) is 4.31. The van der Waals surface area contributed by atoms with E-state index in [0.717, 1.165) is 31.1 Å². The Kier molecular flexibility index (Phi) is 5.92. The number of carbonyl (C=O) groups excluding carboxylic acids is 1. The lowest BCUT2D eigenvalue weighted by Crippen LogP contribution is -2.49. The first-order valence-electron chi connectivity index (χ1n) is 8.52. The molecule has 132 valence electrons. The van der Waals surface area contributed by atoms with Gasteiger partial charge >= 0.3 is 0 Å². The lowest BCUT2D eigenvalue weighted by Gasteiger charge is -2.37. The summed E-state index contributed by atoms with van der Waals surface area (Å²) < 4.78 is 0. The second-order valence-corrected chi connectivity index (χ2v) is 7.73. The van der Waals surface area contributed by atoms with Crippen LogP contribution < -0.4 is 4.90 Å². The Hall–Kier alpha value is -1.65. The molecule has 5 heteroatoms. The highest BCUT2D eigenvalue weighted by Gasteiger charge is 2.22. The highest BCUT2D eigenvalue weighted by Crippen LogP contribution is 2.27. The number of piperazine rings is 1. The van der Waals surface area contributed by atoms with Crippen LogP contribution in [-0.4, -0.2) is 42.7 Å². The molecule has 3 nitrogen and oxygen atoms in total. The third-order valence-electron chi connectivity index (χ3n) is 4.74. The van der Waals surface area contributed by atoms with Crippen LogP contribution in [0.3, 0.4) is 0 Å². The molecule has 0 N–H and O–H groups in total. The quantitative estimate of drug-likeness (QED) is 0.741. The first-order valence-corrected chi connectivity index (χ1v) is 9.89. The van der Waals surface area contributed by atoms with E-state index < -0.39 is 0 Å². The molecule has 0 bridgehead atoms. The van der Waals surface area contributed by atoms with E-state index in [9.17, 15) is 4.79 Å². The number of aryl methyl sites for hydroxylation is 1. The summed E-state index contributed by atoms with van der Waals surface area (Å²) in [5, 5.41) is 0.708. The van der Waals surface area contributed by atoms with Gasteiger partial charge in [0.15, 0.2) is 0 Å². The molecule has 0 radical (unpaired) electrons. The van der Waals surface area contributed by atoms with Gasteiger partial charge in [-0.2, -0.15) is 0 Å². The van der Waals surface area contributed by atoms with Crippen LogP contribution in [-0.2, 0) is 4.79 Å². The molecule has 1 saturated heterocycles. The molecule has 1 aliphatic heterocycles. The summed E-state index contributed by atoms with van der Waals surface area (Å²) in [6.45, 7) is 7.62. The van der Waals surface area contributed by atoms with Crippen LogP contribution in [0.5, 0.6) is 0 Å².